The van der Waals surface area contributed by atoms with Crippen molar-refractivity contribution in [1.82, 2.24) is 4.90 Å². The van der Waals surface area contributed by atoms with Gasteiger partial charge in [-0.2, -0.15) is 0 Å². The Morgan fingerprint density at radius 1 is 1.44 bits per heavy atom. The fourth-order valence-corrected chi connectivity index (χ4v) is 2.31. The van der Waals surface area contributed by atoms with E-state index in [1.807, 2.05) is 25.2 Å². The van der Waals surface area contributed by atoms with Crippen LogP contribution in [0.3, 0.4) is 0 Å². The lowest BCUT2D eigenvalue weighted by Gasteiger charge is -2.18. The Morgan fingerprint density at radius 2 is 2.11 bits per heavy atom. The van der Waals surface area contributed by atoms with E-state index in [2.05, 4.69) is 12.1 Å². The smallest absolute Gasteiger partial charge is 0.226 e. The molecule has 98 valence electrons. The van der Waals surface area contributed by atoms with Gasteiger partial charge in [0.15, 0.2) is 0 Å². The summed E-state index contributed by atoms with van der Waals surface area (Å²) < 4.78 is 0. The van der Waals surface area contributed by atoms with E-state index in [0.717, 1.165) is 6.42 Å². The van der Waals surface area contributed by atoms with E-state index in [4.69, 9.17) is 0 Å². The number of aliphatic hydroxyl groups is 1. The van der Waals surface area contributed by atoms with Crippen molar-refractivity contribution in [3.8, 4) is 0 Å². The predicted molar refractivity (Wildman–Crippen MR) is 71.2 cm³/mol. The molecule has 2 rings (SSSR count). The Hall–Kier alpha value is -1.35. The summed E-state index contributed by atoms with van der Waals surface area (Å²) >= 11 is 0. The van der Waals surface area contributed by atoms with Gasteiger partial charge in [-0.05, 0) is 31.2 Å². The first-order valence-corrected chi connectivity index (χ1v) is 6.57. The zero-order valence-corrected chi connectivity index (χ0v) is 11.0. The highest BCUT2D eigenvalue weighted by Gasteiger charge is 2.44. The summed E-state index contributed by atoms with van der Waals surface area (Å²) in [6, 6.07) is 10.2. The highest BCUT2D eigenvalue weighted by atomic mass is 16.3. The molecule has 1 saturated carbocycles. The number of rotatable bonds is 5. The fraction of sp³-hybridized carbons (Fsp3) is 0.533. The first-order valence-electron chi connectivity index (χ1n) is 6.57. The Kier molecular flexibility index (Phi) is 4.02. The van der Waals surface area contributed by atoms with Gasteiger partial charge < -0.3 is 10.0 Å². The van der Waals surface area contributed by atoms with Gasteiger partial charge in [0.2, 0.25) is 5.91 Å². The molecule has 1 aromatic carbocycles. The van der Waals surface area contributed by atoms with Crippen molar-refractivity contribution in [3.05, 3.63) is 35.9 Å². The molecule has 1 N–H and O–H groups in total. The maximum absolute atomic E-state index is 12.1. The molecule has 0 bridgehead atoms. The van der Waals surface area contributed by atoms with Crippen LogP contribution in [0.2, 0.25) is 0 Å². The van der Waals surface area contributed by atoms with E-state index in [0.29, 0.717) is 18.9 Å². The number of carbonyl (C=O) groups excluding carboxylic acids is 1. The number of amides is 1. The van der Waals surface area contributed by atoms with Gasteiger partial charge in [0.05, 0.1) is 6.10 Å². The van der Waals surface area contributed by atoms with E-state index in [1.165, 1.54) is 5.56 Å². The molecule has 0 spiro atoms. The van der Waals surface area contributed by atoms with Crippen LogP contribution >= 0.6 is 0 Å². The van der Waals surface area contributed by atoms with Crippen LogP contribution in [0.25, 0.3) is 0 Å². The lowest BCUT2D eigenvalue weighted by atomic mass is 10.1. The van der Waals surface area contributed by atoms with E-state index in [1.54, 1.807) is 11.8 Å². The largest absolute Gasteiger partial charge is 0.393 e. The Labute approximate surface area is 108 Å². The minimum absolute atomic E-state index is 0.145. The highest BCUT2D eigenvalue weighted by Crippen LogP contribution is 2.48. The van der Waals surface area contributed by atoms with Gasteiger partial charge in [-0.15, -0.1) is 0 Å². The average Bonchev–Trinajstić information content (AvgIpc) is 3.16. The Morgan fingerprint density at radius 3 is 2.72 bits per heavy atom. The SMILES string of the molecule is CC(O)CCN(C)C(=O)C1CC1c1ccccc1. The molecule has 3 unspecified atom stereocenters. The second-order valence-corrected chi connectivity index (χ2v) is 5.26. The quantitative estimate of drug-likeness (QED) is 0.864. The van der Waals surface area contributed by atoms with Crippen molar-refractivity contribution in [2.75, 3.05) is 13.6 Å². The predicted octanol–water partition coefficient (Wildman–Crippen LogP) is 2.02. The van der Waals surface area contributed by atoms with Crippen molar-refractivity contribution in [2.24, 2.45) is 5.92 Å². The Bertz CT molecular complexity index is 402. The fourth-order valence-electron chi connectivity index (χ4n) is 2.31. The summed E-state index contributed by atoms with van der Waals surface area (Å²) in [5, 5.41) is 9.23. The van der Waals surface area contributed by atoms with E-state index in [-0.39, 0.29) is 17.9 Å². The topological polar surface area (TPSA) is 40.5 Å². The third-order valence-corrected chi connectivity index (χ3v) is 3.59. The van der Waals surface area contributed by atoms with Crippen LogP contribution in [-0.2, 0) is 4.79 Å². The molecular weight excluding hydrogens is 226 g/mol. The van der Waals surface area contributed by atoms with E-state index >= 15 is 0 Å². The molecule has 0 radical (unpaired) electrons. The van der Waals surface area contributed by atoms with Crippen LogP contribution in [-0.4, -0.2) is 35.6 Å². The molecule has 1 fully saturated rings. The van der Waals surface area contributed by atoms with Gasteiger partial charge in [0.25, 0.3) is 0 Å². The molecule has 1 aliphatic carbocycles. The standard InChI is InChI=1S/C15H21NO2/c1-11(17)8-9-16(2)15(18)14-10-13(14)12-6-4-3-5-7-12/h3-7,11,13-14,17H,8-10H2,1-2H3. The molecule has 0 aliphatic heterocycles. The van der Waals surface area contributed by atoms with Crippen molar-refractivity contribution < 1.29 is 9.90 Å². The number of hydrogen-bond acceptors (Lipinski definition) is 2. The van der Waals surface area contributed by atoms with Crippen molar-refractivity contribution >= 4 is 5.91 Å². The molecular formula is C15H21NO2. The lowest BCUT2D eigenvalue weighted by molar-refractivity contribution is -0.131. The van der Waals surface area contributed by atoms with Crippen LogP contribution in [0.4, 0.5) is 0 Å². The second kappa shape index (κ2) is 5.53. The highest BCUT2D eigenvalue weighted by molar-refractivity contribution is 5.82. The zero-order chi connectivity index (χ0) is 13.1. The number of aliphatic hydroxyl groups excluding tert-OH is 1. The van der Waals surface area contributed by atoms with Crippen LogP contribution in [0.1, 0.15) is 31.2 Å². The summed E-state index contributed by atoms with van der Waals surface area (Å²) in [7, 11) is 1.82. The minimum atomic E-state index is -0.343. The van der Waals surface area contributed by atoms with E-state index < -0.39 is 0 Å². The minimum Gasteiger partial charge on any atom is -0.393 e. The number of hydrogen-bond donors (Lipinski definition) is 1. The molecule has 0 aromatic heterocycles. The van der Waals surface area contributed by atoms with Crippen molar-refractivity contribution in [1.29, 1.82) is 0 Å². The summed E-state index contributed by atoms with van der Waals surface area (Å²) in [6.07, 6.45) is 1.26. The molecule has 3 heteroatoms. The van der Waals surface area contributed by atoms with Gasteiger partial charge in [-0.3, -0.25) is 4.79 Å². The van der Waals surface area contributed by atoms with Crippen LogP contribution in [0, 0.1) is 5.92 Å². The number of benzene rings is 1. The molecule has 3 atom stereocenters. The number of carbonyl (C=O) groups is 1. The molecule has 1 amide bonds. The maximum Gasteiger partial charge on any atom is 0.226 e. The first-order chi connectivity index (χ1) is 8.59. The van der Waals surface area contributed by atoms with Gasteiger partial charge in [0, 0.05) is 19.5 Å². The third kappa shape index (κ3) is 3.10. The molecule has 18 heavy (non-hydrogen) atoms. The first kappa shape index (κ1) is 13.1. The maximum atomic E-state index is 12.1. The summed E-state index contributed by atoms with van der Waals surface area (Å²) in [6.45, 7) is 2.39. The third-order valence-electron chi connectivity index (χ3n) is 3.59. The normalized spacial score (nSPS) is 23.5. The lowest BCUT2D eigenvalue weighted by Crippen LogP contribution is -2.31. The van der Waals surface area contributed by atoms with Gasteiger partial charge in [-0.25, -0.2) is 0 Å². The summed E-state index contributed by atoms with van der Waals surface area (Å²) in [4.78, 5) is 13.9. The molecule has 1 aromatic rings. The second-order valence-electron chi connectivity index (χ2n) is 5.26. The number of nitrogens with zero attached hydrogens (tertiary/aromatic N) is 1. The van der Waals surface area contributed by atoms with Crippen LogP contribution < -0.4 is 0 Å². The average molecular weight is 247 g/mol. The van der Waals surface area contributed by atoms with E-state index in [9.17, 15) is 9.90 Å². The van der Waals surface area contributed by atoms with Crippen molar-refractivity contribution in [3.63, 3.8) is 0 Å². The van der Waals surface area contributed by atoms with Crippen LogP contribution in [0.15, 0.2) is 30.3 Å². The summed E-state index contributed by atoms with van der Waals surface area (Å²) in [5.74, 6) is 0.753. The van der Waals surface area contributed by atoms with Gasteiger partial charge in [0.1, 0.15) is 0 Å². The van der Waals surface area contributed by atoms with Crippen molar-refractivity contribution in [2.45, 2.75) is 31.8 Å². The van der Waals surface area contributed by atoms with Gasteiger partial charge in [-0.1, -0.05) is 30.3 Å². The molecule has 0 saturated heterocycles. The summed E-state index contributed by atoms with van der Waals surface area (Å²) in [5.41, 5.74) is 1.26. The molecule has 1 aliphatic rings. The Balaban J connectivity index is 1.85. The molecule has 0 heterocycles. The monoisotopic (exact) mass is 247 g/mol. The van der Waals surface area contributed by atoms with Crippen LogP contribution in [0.5, 0.6) is 0 Å². The zero-order valence-electron chi connectivity index (χ0n) is 11.0. The molecule has 3 nitrogen and oxygen atoms in total. The van der Waals surface area contributed by atoms with Gasteiger partial charge >= 0.3 is 0 Å².